The number of halogens is 2. The normalized spacial score (nSPS) is 24.6. The van der Waals surface area contributed by atoms with E-state index in [2.05, 4.69) is 10.6 Å². The second kappa shape index (κ2) is 6.79. The second-order valence-electron chi connectivity index (χ2n) is 5.45. The summed E-state index contributed by atoms with van der Waals surface area (Å²) >= 11 is 6.00. The van der Waals surface area contributed by atoms with Crippen molar-refractivity contribution in [2.75, 3.05) is 6.54 Å². The van der Waals surface area contributed by atoms with Gasteiger partial charge in [-0.3, -0.25) is 4.79 Å². The highest BCUT2D eigenvalue weighted by Gasteiger charge is 2.27. The molecule has 2 unspecified atom stereocenters. The van der Waals surface area contributed by atoms with Crippen LogP contribution >= 0.6 is 24.0 Å². The van der Waals surface area contributed by atoms with Gasteiger partial charge in [0.1, 0.15) is 0 Å². The van der Waals surface area contributed by atoms with Crippen LogP contribution in [-0.2, 0) is 11.2 Å². The van der Waals surface area contributed by atoms with Gasteiger partial charge in [0.2, 0.25) is 5.91 Å². The maximum Gasteiger partial charge on any atom is 0.237 e. The van der Waals surface area contributed by atoms with E-state index in [0.717, 1.165) is 37.3 Å². The van der Waals surface area contributed by atoms with Gasteiger partial charge in [-0.15, -0.1) is 12.4 Å². The fraction of sp³-hybridized carbons (Fsp3) is 0.533. The topological polar surface area (TPSA) is 41.1 Å². The molecule has 1 fully saturated rings. The Labute approximate surface area is 130 Å². The molecule has 1 saturated heterocycles. The number of aryl methyl sites for hydroxylation is 1. The Hall–Kier alpha value is -0.770. The van der Waals surface area contributed by atoms with Gasteiger partial charge in [0.25, 0.3) is 0 Å². The number of carbonyl (C=O) groups excluding carboxylic acids is 1. The molecule has 3 nitrogen and oxygen atoms in total. The molecule has 2 atom stereocenters. The van der Waals surface area contributed by atoms with Gasteiger partial charge in [-0.25, -0.2) is 0 Å². The average Bonchev–Trinajstić information content (AvgIpc) is 2.82. The van der Waals surface area contributed by atoms with Crippen LogP contribution in [0.4, 0.5) is 0 Å². The van der Waals surface area contributed by atoms with Crippen LogP contribution in [0.15, 0.2) is 18.2 Å². The first-order valence-electron chi connectivity index (χ1n) is 7.06. The van der Waals surface area contributed by atoms with Crippen LogP contribution in [0.2, 0.25) is 5.02 Å². The monoisotopic (exact) mass is 314 g/mol. The minimum Gasteiger partial charge on any atom is -0.348 e. The Balaban J connectivity index is 0.00000147. The van der Waals surface area contributed by atoms with E-state index in [0.29, 0.717) is 0 Å². The molecule has 0 saturated carbocycles. The van der Waals surface area contributed by atoms with Crippen LogP contribution < -0.4 is 10.6 Å². The number of rotatable bonds is 2. The lowest BCUT2D eigenvalue weighted by atomic mass is 10.0. The van der Waals surface area contributed by atoms with Gasteiger partial charge in [0.05, 0.1) is 12.1 Å². The number of piperidine rings is 1. The first-order valence-corrected chi connectivity index (χ1v) is 7.44. The van der Waals surface area contributed by atoms with Crippen LogP contribution in [-0.4, -0.2) is 18.5 Å². The van der Waals surface area contributed by atoms with Crippen LogP contribution in [0, 0.1) is 0 Å². The quantitative estimate of drug-likeness (QED) is 0.881. The van der Waals surface area contributed by atoms with Crippen LogP contribution in [0.25, 0.3) is 0 Å². The van der Waals surface area contributed by atoms with Crippen molar-refractivity contribution in [2.45, 2.75) is 44.2 Å². The molecule has 1 aromatic rings. The van der Waals surface area contributed by atoms with Gasteiger partial charge < -0.3 is 10.6 Å². The Kier molecular flexibility index (Phi) is 5.30. The number of hydrogen-bond acceptors (Lipinski definition) is 2. The number of nitrogens with one attached hydrogen (secondary N) is 2. The van der Waals surface area contributed by atoms with Gasteiger partial charge in [0, 0.05) is 5.02 Å². The lowest BCUT2D eigenvalue weighted by Gasteiger charge is -2.24. The van der Waals surface area contributed by atoms with E-state index in [1.807, 2.05) is 18.2 Å². The molecule has 1 aliphatic carbocycles. The van der Waals surface area contributed by atoms with Crippen molar-refractivity contribution < 1.29 is 4.79 Å². The van der Waals surface area contributed by atoms with Crippen LogP contribution in [0.5, 0.6) is 0 Å². The van der Waals surface area contributed by atoms with Crippen molar-refractivity contribution in [2.24, 2.45) is 0 Å². The Morgan fingerprint density at radius 1 is 1.30 bits per heavy atom. The van der Waals surface area contributed by atoms with E-state index in [4.69, 9.17) is 11.6 Å². The molecule has 1 amide bonds. The average molecular weight is 315 g/mol. The fourth-order valence-electron chi connectivity index (χ4n) is 3.08. The molecular formula is C15H20Cl2N2O. The first-order chi connectivity index (χ1) is 9.24. The van der Waals surface area contributed by atoms with E-state index in [-0.39, 0.29) is 30.4 Å². The molecule has 0 aromatic heterocycles. The number of carbonyl (C=O) groups is 1. The molecule has 3 rings (SSSR count). The molecule has 1 aliphatic heterocycles. The van der Waals surface area contributed by atoms with Gasteiger partial charge >= 0.3 is 0 Å². The Morgan fingerprint density at radius 2 is 2.15 bits per heavy atom. The van der Waals surface area contributed by atoms with Crippen molar-refractivity contribution in [1.29, 1.82) is 0 Å². The molecule has 0 bridgehead atoms. The molecule has 0 radical (unpaired) electrons. The van der Waals surface area contributed by atoms with Crippen molar-refractivity contribution in [1.82, 2.24) is 10.6 Å². The predicted octanol–water partition coefficient (Wildman–Crippen LogP) is 3.01. The van der Waals surface area contributed by atoms with Gasteiger partial charge in [0.15, 0.2) is 0 Å². The lowest BCUT2D eigenvalue weighted by Crippen LogP contribution is -2.47. The smallest absolute Gasteiger partial charge is 0.237 e. The van der Waals surface area contributed by atoms with E-state index < -0.39 is 0 Å². The Bertz CT molecular complexity index is 487. The predicted molar refractivity (Wildman–Crippen MR) is 83.5 cm³/mol. The third-order valence-electron chi connectivity index (χ3n) is 4.13. The summed E-state index contributed by atoms with van der Waals surface area (Å²) in [7, 11) is 0. The zero-order valence-corrected chi connectivity index (χ0v) is 12.9. The largest absolute Gasteiger partial charge is 0.348 e. The van der Waals surface area contributed by atoms with E-state index >= 15 is 0 Å². The minimum absolute atomic E-state index is 0. The van der Waals surface area contributed by atoms with Gasteiger partial charge in [-0.1, -0.05) is 24.1 Å². The standard InChI is InChI=1S/C15H19ClN2O.ClH/c16-11-5-6-12-10(9-11)4-7-13(12)18-15(19)14-3-1-2-8-17-14;/h5-6,9,13-14,17H,1-4,7-8H2,(H,18,19);1H. The summed E-state index contributed by atoms with van der Waals surface area (Å²) in [6.45, 7) is 0.953. The summed E-state index contributed by atoms with van der Waals surface area (Å²) in [5.41, 5.74) is 2.50. The molecule has 110 valence electrons. The fourth-order valence-corrected chi connectivity index (χ4v) is 3.28. The highest BCUT2D eigenvalue weighted by atomic mass is 35.5. The van der Waals surface area contributed by atoms with Crippen molar-refractivity contribution in [3.8, 4) is 0 Å². The molecule has 20 heavy (non-hydrogen) atoms. The lowest BCUT2D eigenvalue weighted by molar-refractivity contribution is -0.124. The highest BCUT2D eigenvalue weighted by Crippen LogP contribution is 2.32. The molecule has 5 heteroatoms. The summed E-state index contributed by atoms with van der Waals surface area (Å²) in [6, 6.07) is 6.11. The summed E-state index contributed by atoms with van der Waals surface area (Å²) in [5.74, 6) is 0.146. The minimum atomic E-state index is -0.00917. The third kappa shape index (κ3) is 3.27. The second-order valence-corrected chi connectivity index (χ2v) is 5.88. The third-order valence-corrected chi connectivity index (χ3v) is 4.36. The zero-order chi connectivity index (χ0) is 13.2. The first kappa shape index (κ1) is 15.6. The summed E-state index contributed by atoms with van der Waals surface area (Å²) in [4.78, 5) is 12.2. The maximum absolute atomic E-state index is 12.2. The van der Waals surface area contributed by atoms with Gasteiger partial charge in [-0.2, -0.15) is 0 Å². The number of amides is 1. The maximum atomic E-state index is 12.2. The molecular weight excluding hydrogens is 295 g/mol. The zero-order valence-electron chi connectivity index (χ0n) is 11.3. The number of hydrogen-bond donors (Lipinski definition) is 2. The van der Waals surface area contributed by atoms with E-state index in [1.54, 1.807) is 0 Å². The van der Waals surface area contributed by atoms with Crippen LogP contribution in [0.1, 0.15) is 42.9 Å². The van der Waals surface area contributed by atoms with Crippen molar-refractivity contribution in [3.05, 3.63) is 34.3 Å². The summed E-state index contributed by atoms with van der Waals surface area (Å²) in [6.07, 6.45) is 5.25. The number of fused-ring (bicyclic) bond motifs is 1. The highest BCUT2D eigenvalue weighted by molar-refractivity contribution is 6.30. The van der Waals surface area contributed by atoms with Crippen LogP contribution in [0.3, 0.4) is 0 Å². The molecule has 2 N–H and O–H groups in total. The van der Waals surface area contributed by atoms with Crippen molar-refractivity contribution >= 4 is 29.9 Å². The summed E-state index contributed by atoms with van der Waals surface area (Å²) < 4.78 is 0. The molecule has 1 heterocycles. The van der Waals surface area contributed by atoms with Gasteiger partial charge in [-0.05, 0) is 55.5 Å². The molecule has 2 aliphatic rings. The van der Waals surface area contributed by atoms with Crippen molar-refractivity contribution in [3.63, 3.8) is 0 Å². The summed E-state index contributed by atoms with van der Waals surface area (Å²) in [5, 5.41) is 7.25. The Morgan fingerprint density at radius 3 is 2.90 bits per heavy atom. The number of benzene rings is 1. The SMILES string of the molecule is Cl.O=C(NC1CCc2cc(Cl)ccc21)C1CCCCN1. The van der Waals surface area contributed by atoms with E-state index in [1.165, 1.54) is 17.5 Å². The molecule has 0 spiro atoms. The van der Waals surface area contributed by atoms with E-state index in [9.17, 15) is 4.79 Å². The molecule has 1 aromatic carbocycles.